The van der Waals surface area contributed by atoms with Crippen LogP contribution in [0.25, 0.3) is 6.08 Å². The molecule has 24 heavy (non-hydrogen) atoms. The van der Waals surface area contributed by atoms with E-state index in [1.165, 1.54) is 9.71 Å². The highest BCUT2D eigenvalue weighted by Crippen LogP contribution is 2.20. The second-order valence-corrected chi connectivity index (χ2v) is 7.72. The predicted molar refractivity (Wildman–Crippen MR) is 92.3 cm³/mol. The summed E-state index contributed by atoms with van der Waals surface area (Å²) in [6.45, 7) is 3.02. The average molecular weight is 347 g/mol. The van der Waals surface area contributed by atoms with Crippen molar-refractivity contribution in [2.24, 2.45) is 0 Å². The number of sulfonamides is 1. The number of aliphatic hydroxyl groups is 1. The molecule has 0 bridgehead atoms. The molecule has 0 saturated carbocycles. The maximum atomic E-state index is 12.6. The standard InChI is InChI=1S/C17H21N3O3S/c1-14(21)17-12-16-13-19(9-5-10-20(16)18-17)24(22,23)11-8-15-6-3-2-4-7-15/h2-4,6-8,11-12,14,21H,5,9-10,13H2,1H3/b11-8+. The molecule has 128 valence electrons. The monoisotopic (exact) mass is 347 g/mol. The van der Waals surface area contributed by atoms with Crippen molar-refractivity contribution in [2.75, 3.05) is 6.54 Å². The largest absolute Gasteiger partial charge is 0.387 e. The number of rotatable bonds is 4. The van der Waals surface area contributed by atoms with Crippen LogP contribution in [0.1, 0.15) is 36.4 Å². The first-order chi connectivity index (χ1) is 11.5. The van der Waals surface area contributed by atoms with Crippen LogP contribution in [0.5, 0.6) is 0 Å². The minimum atomic E-state index is -3.51. The van der Waals surface area contributed by atoms with Crippen LogP contribution in [-0.2, 0) is 23.1 Å². The highest BCUT2D eigenvalue weighted by molar-refractivity contribution is 7.92. The Kier molecular flexibility index (Phi) is 4.84. The van der Waals surface area contributed by atoms with Crippen molar-refractivity contribution < 1.29 is 13.5 Å². The van der Waals surface area contributed by atoms with Crippen molar-refractivity contribution >= 4 is 16.1 Å². The Balaban J connectivity index is 1.81. The Morgan fingerprint density at radius 3 is 2.71 bits per heavy atom. The van der Waals surface area contributed by atoms with Crippen LogP contribution in [0.2, 0.25) is 0 Å². The molecule has 3 rings (SSSR count). The predicted octanol–water partition coefficient (Wildman–Crippen LogP) is 2.14. The molecular formula is C17H21N3O3S. The zero-order valence-corrected chi connectivity index (χ0v) is 14.4. The second kappa shape index (κ2) is 6.88. The third kappa shape index (κ3) is 3.75. The summed E-state index contributed by atoms with van der Waals surface area (Å²) in [6.07, 6.45) is 1.64. The SMILES string of the molecule is CC(O)c1cc2n(n1)CCCN(S(=O)(=O)/C=C/c1ccccc1)C2. The van der Waals surface area contributed by atoms with E-state index in [9.17, 15) is 13.5 Å². The van der Waals surface area contributed by atoms with Crippen LogP contribution in [0.15, 0.2) is 41.8 Å². The van der Waals surface area contributed by atoms with Gasteiger partial charge in [0.05, 0.1) is 24.0 Å². The van der Waals surface area contributed by atoms with Gasteiger partial charge in [-0.2, -0.15) is 9.40 Å². The molecule has 0 radical (unpaired) electrons. The van der Waals surface area contributed by atoms with Crippen LogP contribution >= 0.6 is 0 Å². The lowest BCUT2D eigenvalue weighted by atomic mass is 10.2. The number of fused-ring (bicyclic) bond motifs is 1. The van der Waals surface area contributed by atoms with Crippen molar-refractivity contribution in [1.82, 2.24) is 14.1 Å². The van der Waals surface area contributed by atoms with Gasteiger partial charge in [0, 0.05) is 18.5 Å². The first kappa shape index (κ1) is 16.9. The van der Waals surface area contributed by atoms with Gasteiger partial charge in [0.15, 0.2) is 0 Å². The molecule has 1 unspecified atom stereocenters. The molecule has 0 aliphatic carbocycles. The number of hydrogen-bond acceptors (Lipinski definition) is 4. The van der Waals surface area contributed by atoms with Crippen LogP contribution in [0.3, 0.4) is 0 Å². The highest BCUT2D eigenvalue weighted by Gasteiger charge is 2.25. The van der Waals surface area contributed by atoms with Gasteiger partial charge in [-0.1, -0.05) is 30.3 Å². The fraction of sp³-hybridized carbons (Fsp3) is 0.353. The van der Waals surface area contributed by atoms with E-state index in [0.29, 0.717) is 25.2 Å². The number of nitrogens with zero attached hydrogens (tertiary/aromatic N) is 3. The smallest absolute Gasteiger partial charge is 0.236 e. The molecule has 0 fully saturated rings. The molecular weight excluding hydrogens is 326 g/mol. The third-order valence-corrected chi connectivity index (χ3v) is 5.53. The summed E-state index contributed by atoms with van der Waals surface area (Å²) < 4.78 is 28.5. The molecule has 7 heteroatoms. The number of aromatic nitrogens is 2. The Morgan fingerprint density at radius 2 is 2.00 bits per heavy atom. The maximum absolute atomic E-state index is 12.6. The summed E-state index contributed by atoms with van der Waals surface area (Å²) in [5.41, 5.74) is 2.22. The zero-order chi connectivity index (χ0) is 17.2. The second-order valence-electron chi connectivity index (χ2n) is 5.91. The Hall–Kier alpha value is -1.96. The van der Waals surface area contributed by atoms with E-state index in [-0.39, 0.29) is 6.54 Å². The summed E-state index contributed by atoms with van der Waals surface area (Å²) in [5.74, 6) is 0. The molecule has 0 spiro atoms. The number of aryl methyl sites for hydroxylation is 1. The van der Waals surface area contributed by atoms with E-state index in [1.54, 1.807) is 23.7 Å². The lowest BCUT2D eigenvalue weighted by Crippen LogP contribution is -2.29. The average Bonchev–Trinajstić information content (AvgIpc) is 2.86. The summed E-state index contributed by atoms with van der Waals surface area (Å²) >= 11 is 0. The summed E-state index contributed by atoms with van der Waals surface area (Å²) in [7, 11) is -3.51. The molecule has 0 amide bonds. The van der Waals surface area contributed by atoms with E-state index in [0.717, 1.165) is 11.3 Å². The fourth-order valence-corrected chi connectivity index (χ4v) is 3.89. The molecule has 1 atom stereocenters. The number of aliphatic hydroxyl groups excluding tert-OH is 1. The summed E-state index contributed by atoms with van der Waals surface area (Å²) in [6, 6.07) is 11.1. The number of benzene rings is 1. The van der Waals surface area contributed by atoms with Crippen molar-refractivity contribution in [3.8, 4) is 0 Å². The van der Waals surface area contributed by atoms with Crippen molar-refractivity contribution in [1.29, 1.82) is 0 Å². The molecule has 0 saturated heterocycles. The van der Waals surface area contributed by atoms with Crippen molar-refractivity contribution in [2.45, 2.75) is 32.5 Å². The number of hydrogen-bond donors (Lipinski definition) is 1. The van der Waals surface area contributed by atoms with Gasteiger partial charge < -0.3 is 5.11 Å². The first-order valence-corrected chi connectivity index (χ1v) is 9.44. The Labute approximate surface area is 142 Å². The third-order valence-electron chi connectivity index (χ3n) is 4.02. The molecule has 1 aliphatic heterocycles. The Bertz CT molecular complexity index is 826. The topological polar surface area (TPSA) is 75.4 Å². The fourth-order valence-electron chi connectivity index (χ4n) is 2.69. The molecule has 2 aromatic rings. The zero-order valence-electron chi connectivity index (χ0n) is 13.5. The molecule has 1 N–H and O–H groups in total. The normalized spacial score (nSPS) is 17.6. The lowest BCUT2D eigenvalue weighted by molar-refractivity contribution is 0.193. The van der Waals surface area contributed by atoms with E-state index in [1.807, 2.05) is 30.3 Å². The van der Waals surface area contributed by atoms with E-state index in [4.69, 9.17) is 0 Å². The first-order valence-electron chi connectivity index (χ1n) is 7.94. The highest BCUT2D eigenvalue weighted by atomic mass is 32.2. The van der Waals surface area contributed by atoms with Crippen molar-refractivity contribution in [3.63, 3.8) is 0 Å². The molecule has 6 nitrogen and oxygen atoms in total. The van der Waals surface area contributed by atoms with Gasteiger partial charge in [0.25, 0.3) is 0 Å². The van der Waals surface area contributed by atoms with Crippen LogP contribution in [-0.4, -0.2) is 34.2 Å². The quantitative estimate of drug-likeness (QED) is 0.919. The molecule has 1 aromatic carbocycles. The van der Waals surface area contributed by atoms with E-state index < -0.39 is 16.1 Å². The Morgan fingerprint density at radius 1 is 1.25 bits per heavy atom. The van der Waals surface area contributed by atoms with Gasteiger partial charge in [0.2, 0.25) is 10.0 Å². The maximum Gasteiger partial charge on any atom is 0.236 e. The van der Waals surface area contributed by atoms with Gasteiger partial charge in [-0.15, -0.1) is 0 Å². The lowest BCUT2D eigenvalue weighted by Gasteiger charge is -2.17. The van der Waals surface area contributed by atoms with Crippen LogP contribution in [0, 0.1) is 0 Å². The van der Waals surface area contributed by atoms with E-state index >= 15 is 0 Å². The van der Waals surface area contributed by atoms with Gasteiger partial charge in [-0.05, 0) is 31.1 Å². The molecule has 1 aliphatic rings. The minimum Gasteiger partial charge on any atom is -0.387 e. The minimum absolute atomic E-state index is 0.265. The molecule has 1 aromatic heterocycles. The van der Waals surface area contributed by atoms with Crippen LogP contribution in [0.4, 0.5) is 0 Å². The van der Waals surface area contributed by atoms with E-state index in [2.05, 4.69) is 5.10 Å². The van der Waals surface area contributed by atoms with Gasteiger partial charge in [-0.25, -0.2) is 8.42 Å². The van der Waals surface area contributed by atoms with Crippen LogP contribution < -0.4 is 0 Å². The summed E-state index contributed by atoms with van der Waals surface area (Å²) in [5, 5.41) is 15.3. The summed E-state index contributed by atoms with van der Waals surface area (Å²) in [4.78, 5) is 0. The van der Waals surface area contributed by atoms with Gasteiger partial charge >= 0.3 is 0 Å². The van der Waals surface area contributed by atoms with Crippen molar-refractivity contribution in [3.05, 3.63) is 58.8 Å². The van der Waals surface area contributed by atoms with Gasteiger partial charge in [0.1, 0.15) is 0 Å². The van der Waals surface area contributed by atoms with Gasteiger partial charge in [-0.3, -0.25) is 4.68 Å². The molecule has 2 heterocycles.